The molecule has 6 N–H and O–H groups in total. The van der Waals surface area contributed by atoms with E-state index in [1.54, 1.807) is 6.92 Å². The number of fused-ring (bicyclic) bond motifs is 3. The van der Waals surface area contributed by atoms with Gasteiger partial charge in [-0.15, -0.1) is 16.9 Å². The first-order chi connectivity index (χ1) is 20.4. The Kier molecular flexibility index (Phi) is 7.89. The van der Waals surface area contributed by atoms with Gasteiger partial charge in [0.1, 0.15) is 17.8 Å². The number of aromatic amines is 1. The van der Waals surface area contributed by atoms with Crippen LogP contribution in [0.2, 0.25) is 0 Å². The molecule has 0 amide bonds. The normalized spacial score (nSPS) is 32.2. The molecule has 6 heterocycles. The van der Waals surface area contributed by atoms with Gasteiger partial charge < -0.3 is 30.2 Å². The number of anilines is 2. The van der Waals surface area contributed by atoms with Crippen LogP contribution < -0.4 is 17.0 Å². The van der Waals surface area contributed by atoms with Crippen LogP contribution in [0.4, 0.5) is 24.9 Å². The highest BCUT2D eigenvalue weighted by atomic mass is 32.5. The Morgan fingerprint density at radius 1 is 1.28 bits per heavy atom. The second-order valence-electron chi connectivity index (χ2n) is 10.2. The van der Waals surface area contributed by atoms with Gasteiger partial charge in [-0.3, -0.25) is 14.3 Å². The fourth-order valence-corrected chi connectivity index (χ4v) is 7.81. The zero-order valence-electron chi connectivity index (χ0n) is 22.3. The van der Waals surface area contributed by atoms with Gasteiger partial charge in [0.15, 0.2) is 22.8 Å². The Bertz CT molecular complexity index is 1770. The number of alkyl halides is 3. The molecule has 2 fully saturated rings. The molecule has 1 unspecified atom stereocenters. The van der Waals surface area contributed by atoms with Crippen molar-refractivity contribution in [2.75, 3.05) is 18.1 Å². The largest absolute Gasteiger partial charge is 0.383 e. The molecule has 0 radical (unpaired) electrons. The molecule has 43 heavy (non-hydrogen) atoms. The lowest BCUT2D eigenvalue weighted by atomic mass is 9.91. The third-order valence-corrected chi connectivity index (χ3v) is 10.2. The molecular formula is C22H26F3N10O5PS2. The van der Waals surface area contributed by atoms with E-state index in [1.807, 2.05) is 0 Å². The molecule has 0 aliphatic carbocycles. The predicted molar refractivity (Wildman–Crippen MR) is 153 cm³/mol. The number of hydrogen-bond donors (Lipinski definition) is 4. The summed E-state index contributed by atoms with van der Waals surface area (Å²) in [6.45, 7) is -3.19. The molecule has 21 heteroatoms. The molecule has 15 nitrogen and oxygen atoms in total. The average molecular weight is 663 g/mol. The molecule has 0 saturated carbocycles. The van der Waals surface area contributed by atoms with Gasteiger partial charge in [-0.05, 0) is 30.7 Å². The number of ether oxygens (including phenoxy) is 1. The van der Waals surface area contributed by atoms with Gasteiger partial charge in [-0.2, -0.15) is 4.98 Å². The smallest absolute Gasteiger partial charge is 0.327 e. The lowest BCUT2D eigenvalue weighted by Gasteiger charge is -2.26. The zero-order chi connectivity index (χ0) is 30.7. The summed E-state index contributed by atoms with van der Waals surface area (Å²) in [7, 11) is 0. The van der Waals surface area contributed by atoms with E-state index in [0.717, 1.165) is 16.4 Å². The van der Waals surface area contributed by atoms with Gasteiger partial charge in [0, 0.05) is 11.4 Å². The molecule has 0 spiro atoms. The number of hydrogen-bond acceptors (Lipinski definition) is 13. The van der Waals surface area contributed by atoms with E-state index in [2.05, 4.69) is 30.2 Å². The maximum atomic E-state index is 16.0. The van der Waals surface area contributed by atoms with Crippen molar-refractivity contribution in [1.82, 2.24) is 39.5 Å². The lowest BCUT2D eigenvalue weighted by molar-refractivity contribution is -0.125. The number of rotatable bonds is 2. The summed E-state index contributed by atoms with van der Waals surface area (Å²) in [6, 6.07) is 1.52. The van der Waals surface area contributed by atoms with Gasteiger partial charge in [-0.1, -0.05) is 18.6 Å². The van der Waals surface area contributed by atoms with Crippen molar-refractivity contribution in [3.8, 4) is 0 Å². The molecule has 4 aromatic rings. The highest BCUT2D eigenvalue weighted by Crippen LogP contribution is 2.54. The molecule has 4 aromatic heterocycles. The summed E-state index contributed by atoms with van der Waals surface area (Å²) >= 11 is 6.06. The maximum Gasteiger partial charge on any atom is 0.327 e. The number of nitrogens with one attached hydrogen (secondary N) is 1. The van der Waals surface area contributed by atoms with Crippen LogP contribution in [0.5, 0.6) is 0 Å². The number of halogens is 3. The van der Waals surface area contributed by atoms with Gasteiger partial charge in [0.05, 0.1) is 24.0 Å². The van der Waals surface area contributed by atoms with E-state index in [4.69, 9.17) is 37.1 Å². The molecule has 2 aliphatic heterocycles. The van der Waals surface area contributed by atoms with Crippen LogP contribution in [0, 0.1) is 5.92 Å². The van der Waals surface area contributed by atoms with E-state index in [1.165, 1.54) is 23.2 Å². The van der Waals surface area contributed by atoms with E-state index < -0.39 is 54.8 Å². The number of nitrogens with zero attached hydrogens (tertiary/aromatic N) is 7. The molecule has 232 valence electrons. The summed E-state index contributed by atoms with van der Waals surface area (Å²) < 4.78 is 66.4. The third-order valence-electron chi connectivity index (χ3n) is 7.32. The Morgan fingerprint density at radius 2 is 2.07 bits per heavy atom. The second-order valence-corrected chi connectivity index (χ2v) is 14.5. The van der Waals surface area contributed by atoms with Crippen molar-refractivity contribution in [3.63, 3.8) is 0 Å². The SMILES string of the molecule is C[C@H]1CCC[C@@H]2[C@@H](COP(O)(=S)O[C@H](F)[C@H](n3nnc4c(=O)[nH]c(N)nc43)S1)O[C@@H](n1ccc3c(N)ncnc31)C2(F)F. The lowest BCUT2D eigenvalue weighted by Crippen LogP contribution is -2.35. The van der Waals surface area contributed by atoms with Crippen molar-refractivity contribution >= 4 is 64.3 Å². The van der Waals surface area contributed by atoms with Crippen LogP contribution in [0.1, 0.15) is 37.8 Å². The van der Waals surface area contributed by atoms with E-state index in [-0.39, 0.29) is 40.2 Å². The minimum absolute atomic E-state index is 0.0113. The molecule has 7 atom stereocenters. The Balaban J connectivity index is 1.29. The summed E-state index contributed by atoms with van der Waals surface area (Å²) in [5.74, 6) is -4.87. The molecular weight excluding hydrogens is 636 g/mol. The van der Waals surface area contributed by atoms with Crippen LogP contribution >= 0.6 is 18.5 Å². The number of thioether (sulfide) groups is 1. The maximum absolute atomic E-state index is 16.0. The fraction of sp³-hybridized carbons (Fsp3) is 0.545. The summed E-state index contributed by atoms with van der Waals surface area (Å²) in [5, 5.41) is 6.34. The summed E-state index contributed by atoms with van der Waals surface area (Å²) in [6.07, 6.45) is -2.07. The van der Waals surface area contributed by atoms with Gasteiger partial charge >= 0.3 is 6.72 Å². The molecule has 2 aliphatic rings. The Labute approximate surface area is 249 Å². The Hall–Kier alpha value is -2.87. The highest BCUT2D eigenvalue weighted by Gasteiger charge is 2.59. The van der Waals surface area contributed by atoms with Crippen molar-refractivity contribution < 1.29 is 31.8 Å². The van der Waals surface area contributed by atoms with Gasteiger partial charge in [0.25, 0.3) is 11.5 Å². The highest BCUT2D eigenvalue weighted by molar-refractivity contribution is 8.07. The van der Waals surface area contributed by atoms with Crippen molar-refractivity contribution in [3.05, 3.63) is 28.9 Å². The molecule has 6 rings (SSSR count). The van der Waals surface area contributed by atoms with Crippen LogP contribution in [0.3, 0.4) is 0 Å². The average Bonchev–Trinajstić information content (AvgIpc) is 3.60. The van der Waals surface area contributed by atoms with E-state index in [0.29, 0.717) is 18.2 Å². The van der Waals surface area contributed by atoms with E-state index in [9.17, 15) is 9.69 Å². The number of H-pyrrole nitrogens is 1. The number of nitrogen functional groups attached to an aromatic ring is 2. The van der Waals surface area contributed by atoms with Gasteiger partial charge in [-0.25, -0.2) is 27.8 Å². The number of aromatic nitrogens is 8. The molecule has 2 saturated heterocycles. The van der Waals surface area contributed by atoms with Crippen LogP contribution in [-0.4, -0.2) is 74.6 Å². The Morgan fingerprint density at radius 3 is 2.86 bits per heavy atom. The van der Waals surface area contributed by atoms with E-state index >= 15 is 13.2 Å². The van der Waals surface area contributed by atoms with Crippen LogP contribution in [0.25, 0.3) is 22.2 Å². The first-order valence-electron chi connectivity index (χ1n) is 13.0. The fourth-order valence-electron chi connectivity index (χ4n) is 5.31. The molecule has 0 aromatic carbocycles. The zero-order valence-corrected chi connectivity index (χ0v) is 24.8. The minimum Gasteiger partial charge on any atom is -0.383 e. The first-order valence-corrected chi connectivity index (χ1v) is 16.6. The molecule has 0 bridgehead atoms. The first kappa shape index (κ1) is 30.2. The topological polar surface area (TPSA) is 207 Å². The minimum atomic E-state index is -4.36. The van der Waals surface area contributed by atoms with Crippen LogP contribution in [0.15, 0.2) is 23.4 Å². The van der Waals surface area contributed by atoms with Crippen LogP contribution in [-0.2, 0) is 25.6 Å². The standard InChI is InChI=1S/C22H26F3N10O5PS2/c1-9-3-2-4-11-12(39-20(22(11,24)25)34-6-5-10-15(26)28-8-29-16(10)34)7-38-41(37,42)40-14(23)19(43-9)35-17-13(32-33-35)18(36)31-21(27)30-17/h5-6,8-9,11-12,14,19-20H,2-4,7H2,1H3,(H,37,42)(H2,26,28,29)(H3,27,30,31,36)/t9-,11+,12+,14-,19+,20+,41?/m0/s1. The monoisotopic (exact) mass is 662 g/mol. The quantitative estimate of drug-likeness (QED) is 0.228. The summed E-state index contributed by atoms with van der Waals surface area (Å²) in [4.78, 5) is 37.3. The number of nitrogens with two attached hydrogens (primary N) is 2. The second kappa shape index (κ2) is 11.2. The van der Waals surface area contributed by atoms with Crippen molar-refractivity contribution in [1.29, 1.82) is 0 Å². The predicted octanol–water partition coefficient (Wildman–Crippen LogP) is 2.62. The van der Waals surface area contributed by atoms with Gasteiger partial charge in [0.2, 0.25) is 12.3 Å². The third kappa shape index (κ3) is 5.60. The van der Waals surface area contributed by atoms with Crippen molar-refractivity contribution in [2.24, 2.45) is 5.92 Å². The summed E-state index contributed by atoms with van der Waals surface area (Å²) in [5.41, 5.74) is 10.7. The van der Waals surface area contributed by atoms with Crippen molar-refractivity contribution in [2.45, 2.75) is 61.4 Å².